The van der Waals surface area contributed by atoms with Crippen molar-refractivity contribution in [3.05, 3.63) is 0 Å². The number of amides is 2. The zero-order chi connectivity index (χ0) is 10.4. The summed E-state index contributed by atoms with van der Waals surface area (Å²) < 4.78 is 0. The van der Waals surface area contributed by atoms with Crippen molar-refractivity contribution >= 4 is 23.4 Å². The highest BCUT2D eigenvalue weighted by molar-refractivity contribution is 6.27. The number of nitrogens with zero attached hydrogens (tertiary/aromatic N) is 1. The SMILES string of the molecule is O=C(CCl)NCC(=O)N1CCCCC1. The lowest BCUT2D eigenvalue weighted by Gasteiger charge is -2.26. The predicted molar refractivity (Wildman–Crippen MR) is 54.2 cm³/mol. The lowest BCUT2D eigenvalue weighted by Crippen LogP contribution is -2.42. The molecule has 1 heterocycles. The van der Waals surface area contributed by atoms with Crippen LogP contribution in [0.3, 0.4) is 0 Å². The van der Waals surface area contributed by atoms with Crippen LogP contribution in [0, 0.1) is 0 Å². The third-order valence-corrected chi connectivity index (χ3v) is 2.51. The van der Waals surface area contributed by atoms with Crippen molar-refractivity contribution in [2.24, 2.45) is 0 Å². The Morgan fingerprint density at radius 3 is 2.43 bits per heavy atom. The molecule has 4 nitrogen and oxygen atoms in total. The van der Waals surface area contributed by atoms with Crippen LogP contribution in [0.1, 0.15) is 19.3 Å². The molecule has 0 unspecified atom stereocenters. The number of carbonyl (C=O) groups is 2. The van der Waals surface area contributed by atoms with Crippen LogP contribution >= 0.6 is 11.6 Å². The number of hydrogen-bond acceptors (Lipinski definition) is 2. The number of halogens is 1. The molecule has 14 heavy (non-hydrogen) atoms. The minimum Gasteiger partial charge on any atom is -0.346 e. The Hall–Kier alpha value is -0.770. The van der Waals surface area contributed by atoms with Crippen LogP contribution in [-0.2, 0) is 9.59 Å². The van der Waals surface area contributed by atoms with Gasteiger partial charge in [-0.05, 0) is 19.3 Å². The molecule has 1 fully saturated rings. The maximum absolute atomic E-state index is 11.5. The molecule has 0 aliphatic carbocycles. The van der Waals surface area contributed by atoms with Crippen molar-refractivity contribution in [3.8, 4) is 0 Å². The van der Waals surface area contributed by atoms with Crippen molar-refractivity contribution in [1.29, 1.82) is 0 Å². The first-order valence-corrected chi connectivity index (χ1v) is 5.38. The fourth-order valence-electron chi connectivity index (χ4n) is 1.48. The van der Waals surface area contributed by atoms with E-state index in [1.54, 1.807) is 4.90 Å². The van der Waals surface area contributed by atoms with Crippen LogP contribution in [0.4, 0.5) is 0 Å². The van der Waals surface area contributed by atoms with Crippen LogP contribution in [0.2, 0.25) is 0 Å². The van der Waals surface area contributed by atoms with Crippen LogP contribution in [0.25, 0.3) is 0 Å². The van der Waals surface area contributed by atoms with Gasteiger partial charge in [0, 0.05) is 13.1 Å². The quantitative estimate of drug-likeness (QED) is 0.696. The van der Waals surface area contributed by atoms with Crippen LogP contribution < -0.4 is 5.32 Å². The smallest absolute Gasteiger partial charge is 0.241 e. The molecule has 1 saturated heterocycles. The van der Waals surface area contributed by atoms with Crippen molar-refractivity contribution in [2.45, 2.75) is 19.3 Å². The van der Waals surface area contributed by atoms with Crippen LogP contribution in [-0.4, -0.2) is 42.2 Å². The maximum Gasteiger partial charge on any atom is 0.241 e. The number of likely N-dealkylation sites (tertiary alicyclic amines) is 1. The van der Waals surface area contributed by atoms with Gasteiger partial charge in [-0.2, -0.15) is 0 Å². The number of rotatable bonds is 3. The van der Waals surface area contributed by atoms with Crippen LogP contribution in [0.15, 0.2) is 0 Å². The van der Waals surface area contributed by atoms with E-state index in [0.717, 1.165) is 25.9 Å². The van der Waals surface area contributed by atoms with Gasteiger partial charge in [0.05, 0.1) is 6.54 Å². The van der Waals surface area contributed by atoms with Gasteiger partial charge < -0.3 is 10.2 Å². The minimum absolute atomic E-state index is 0.0110. The second-order valence-electron chi connectivity index (χ2n) is 3.35. The summed E-state index contributed by atoms with van der Waals surface area (Å²) in [7, 11) is 0. The molecule has 2 amide bonds. The highest BCUT2D eigenvalue weighted by Crippen LogP contribution is 2.07. The van der Waals surface area contributed by atoms with Gasteiger partial charge in [-0.3, -0.25) is 9.59 Å². The van der Waals surface area contributed by atoms with Crippen molar-refractivity contribution in [1.82, 2.24) is 10.2 Å². The molecule has 0 bridgehead atoms. The number of nitrogens with one attached hydrogen (secondary N) is 1. The molecule has 0 aromatic carbocycles. The standard InChI is InChI=1S/C9H15ClN2O2/c10-6-8(13)11-7-9(14)12-4-2-1-3-5-12/h1-7H2,(H,11,13). The monoisotopic (exact) mass is 218 g/mol. The molecule has 0 aromatic rings. The fourth-order valence-corrected chi connectivity index (χ4v) is 1.57. The van der Waals surface area contributed by atoms with E-state index < -0.39 is 0 Å². The first kappa shape index (κ1) is 11.3. The Balaban J connectivity index is 2.23. The number of hydrogen-bond donors (Lipinski definition) is 1. The van der Waals surface area contributed by atoms with E-state index in [-0.39, 0.29) is 24.2 Å². The average Bonchev–Trinajstić information content (AvgIpc) is 2.26. The topological polar surface area (TPSA) is 49.4 Å². The fraction of sp³-hybridized carbons (Fsp3) is 0.778. The van der Waals surface area contributed by atoms with E-state index in [9.17, 15) is 9.59 Å². The normalized spacial score (nSPS) is 16.5. The predicted octanol–water partition coefficient (Wildman–Crippen LogP) is 0.354. The van der Waals surface area contributed by atoms with Gasteiger partial charge in [-0.15, -0.1) is 11.6 Å². The number of carbonyl (C=O) groups excluding carboxylic acids is 2. The average molecular weight is 219 g/mol. The first-order valence-electron chi connectivity index (χ1n) is 4.84. The third-order valence-electron chi connectivity index (χ3n) is 2.27. The highest BCUT2D eigenvalue weighted by atomic mass is 35.5. The maximum atomic E-state index is 11.5. The highest BCUT2D eigenvalue weighted by Gasteiger charge is 2.16. The number of piperidine rings is 1. The Labute approximate surface area is 88.6 Å². The third kappa shape index (κ3) is 3.54. The van der Waals surface area contributed by atoms with E-state index in [0.29, 0.717) is 0 Å². The number of alkyl halides is 1. The van der Waals surface area contributed by atoms with E-state index >= 15 is 0 Å². The van der Waals surface area contributed by atoms with E-state index in [1.165, 1.54) is 6.42 Å². The van der Waals surface area contributed by atoms with E-state index in [1.807, 2.05) is 0 Å². The molecule has 80 valence electrons. The van der Waals surface area contributed by atoms with Gasteiger partial charge in [0.15, 0.2) is 0 Å². The molecular formula is C9H15ClN2O2. The van der Waals surface area contributed by atoms with Gasteiger partial charge in [0.2, 0.25) is 11.8 Å². The Morgan fingerprint density at radius 2 is 1.86 bits per heavy atom. The molecule has 1 aliphatic rings. The van der Waals surface area contributed by atoms with Gasteiger partial charge in [-0.25, -0.2) is 0 Å². The molecule has 0 saturated carbocycles. The van der Waals surface area contributed by atoms with Gasteiger partial charge >= 0.3 is 0 Å². The molecule has 0 atom stereocenters. The van der Waals surface area contributed by atoms with E-state index in [4.69, 9.17) is 11.6 Å². The second-order valence-corrected chi connectivity index (χ2v) is 3.62. The van der Waals surface area contributed by atoms with Gasteiger partial charge in [-0.1, -0.05) is 0 Å². The molecule has 5 heteroatoms. The summed E-state index contributed by atoms with van der Waals surface area (Å²) >= 11 is 5.28. The lowest BCUT2D eigenvalue weighted by atomic mass is 10.1. The van der Waals surface area contributed by atoms with Crippen molar-refractivity contribution < 1.29 is 9.59 Å². The van der Waals surface area contributed by atoms with Gasteiger partial charge in [0.1, 0.15) is 5.88 Å². The molecule has 0 radical (unpaired) electrons. The molecule has 1 N–H and O–H groups in total. The molecular weight excluding hydrogens is 204 g/mol. The lowest BCUT2D eigenvalue weighted by molar-refractivity contribution is -0.133. The summed E-state index contributed by atoms with van der Waals surface area (Å²) in [5.41, 5.74) is 0. The van der Waals surface area contributed by atoms with Crippen molar-refractivity contribution in [3.63, 3.8) is 0 Å². The molecule has 0 aromatic heterocycles. The minimum atomic E-state index is -0.294. The summed E-state index contributed by atoms with van der Waals surface area (Å²) in [5.74, 6) is -0.395. The zero-order valence-electron chi connectivity index (χ0n) is 8.09. The second kappa shape index (κ2) is 5.86. The zero-order valence-corrected chi connectivity index (χ0v) is 8.85. The summed E-state index contributed by atoms with van der Waals surface area (Å²) in [4.78, 5) is 24.1. The summed E-state index contributed by atoms with van der Waals surface area (Å²) in [6, 6.07) is 0. The molecule has 0 spiro atoms. The largest absolute Gasteiger partial charge is 0.346 e. The summed E-state index contributed by atoms with van der Waals surface area (Å²) in [6.07, 6.45) is 3.32. The Morgan fingerprint density at radius 1 is 1.21 bits per heavy atom. The van der Waals surface area contributed by atoms with Gasteiger partial charge in [0.25, 0.3) is 0 Å². The molecule has 1 aliphatic heterocycles. The van der Waals surface area contributed by atoms with E-state index in [2.05, 4.69) is 5.32 Å². The first-order chi connectivity index (χ1) is 6.74. The molecule has 1 rings (SSSR count). The summed E-state index contributed by atoms with van der Waals surface area (Å²) in [6.45, 7) is 1.71. The van der Waals surface area contributed by atoms with Crippen LogP contribution in [0.5, 0.6) is 0 Å². The summed E-state index contributed by atoms with van der Waals surface area (Å²) in [5, 5.41) is 2.47. The Bertz CT molecular complexity index is 215. The Kier molecular flexibility index (Phi) is 4.73. The van der Waals surface area contributed by atoms with Crippen molar-refractivity contribution in [2.75, 3.05) is 25.5 Å².